The molecule has 6 nitrogen and oxygen atoms in total. The summed E-state index contributed by atoms with van der Waals surface area (Å²) in [6, 6.07) is 2.05. The maximum Gasteiger partial charge on any atom is 0.331 e. The minimum absolute atomic E-state index is 0.0109. The summed E-state index contributed by atoms with van der Waals surface area (Å²) in [6.45, 7) is 8.26. The van der Waals surface area contributed by atoms with Crippen LogP contribution < -0.4 is 5.32 Å². The summed E-state index contributed by atoms with van der Waals surface area (Å²) in [4.78, 5) is 23.9. The van der Waals surface area contributed by atoms with E-state index in [0.717, 1.165) is 11.4 Å². The van der Waals surface area contributed by atoms with Gasteiger partial charge >= 0.3 is 5.97 Å². The molecule has 0 spiro atoms. The molecule has 0 saturated carbocycles. The van der Waals surface area contributed by atoms with Crippen LogP contribution in [0.2, 0.25) is 0 Å². The lowest BCUT2D eigenvalue weighted by molar-refractivity contribution is -0.144. The highest BCUT2D eigenvalue weighted by Crippen LogP contribution is 2.23. The molecule has 1 saturated heterocycles. The van der Waals surface area contributed by atoms with E-state index in [-0.39, 0.29) is 25.0 Å². The van der Waals surface area contributed by atoms with Gasteiger partial charge in [-0.2, -0.15) is 0 Å². The van der Waals surface area contributed by atoms with Gasteiger partial charge in [0, 0.05) is 30.5 Å². The van der Waals surface area contributed by atoms with Crippen LogP contribution >= 0.6 is 0 Å². The number of carbonyl (C=O) groups is 2. The van der Waals surface area contributed by atoms with Crippen molar-refractivity contribution in [3.8, 4) is 0 Å². The van der Waals surface area contributed by atoms with Crippen molar-refractivity contribution in [1.82, 2.24) is 9.88 Å². The molecule has 0 radical (unpaired) electrons. The number of aromatic nitrogens is 1. The predicted molar refractivity (Wildman–Crippen MR) is 77.6 cm³/mol. The Balaban J connectivity index is 2.29. The number of rotatable bonds is 4. The first-order valence-corrected chi connectivity index (χ1v) is 7.10. The molecule has 1 aliphatic rings. The first kappa shape index (κ1) is 15.6. The Labute approximate surface area is 124 Å². The van der Waals surface area contributed by atoms with E-state index in [2.05, 4.69) is 9.88 Å². The second-order valence-corrected chi connectivity index (χ2v) is 5.89. The number of ether oxygens (including phenoxy) is 1. The van der Waals surface area contributed by atoms with Crippen LogP contribution in [0.3, 0.4) is 0 Å². The van der Waals surface area contributed by atoms with Crippen LogP contribution in [-0.4, -0.2) is 40.3 Å². The molecule has 1 aliphatic heterocycles. The molecule has 1 aromatic rings. The number of nitrogens with zero attached hydrogens (tertiary/aromatic N) is 1. The Bertz CT molecular complexity index is 568. The Hall–Kier alpha value is -1.82. The minimum atomic E-state index is -1.31. The van der Waals surface area contributed by atoms with E-state index >= 15 is 0 Å². The number of carboxylic acids is 1. The van der Waals surface area contributed by atoms with Gasteiger partial charge in [0.05, 0.1) is 12.2 Å². The normalized spacial score (nSPS) is 21.8. The zero-order valence-electron chi connectivity index (χ0n) is 12.9. The van der Waals surface area contributed by atoms with Crippen molar-refractivity contribution in [3.05, 3.63) is 23.0 Å². The smallest absolute Gasteiger partial charge is 0.331 e. The molecule has 2 N–H and O–H groups in total. The van der Waals surface area contributed by atoms with Crippen LogP contribution in [0.5, 0.6) is 0 Å². The second kappa shape index (κ2) is 5.52. The minimum Gasteiger partial charge on any atom is -0.479 e. The van der Waals surface area contributed by atoms with Gasteiger partial charge in [0.1, 0.15) is 0 Å². The molecule has 1 aromatic heterocycles. The van der Waals surface area contributed by atoms with Crippen LogP contribution in [0.4, 0.5) is 0 Å². The third kappa shape index (κ3) is 2.68. The number of carbonyl (C=O) groups excluding carboxylic acids is 1. The Kier molecular flexibility index (Phi) is 4.09. The average molecular weight is 294 g/mol. The van der Waals surface area contributed by atoms with Crippen LogP contribution in [0, 0.1) is 13.8 Å². The lowest BCUT2D eigenvalue weighted by atomic mass is 9.98. The fourth-order valence-electron chi connectivity index (χ4n) is 2.97. The number of hydrogen-bond donors (Lipinski definition) is 2. The van der Waals surface area contributed by atoms with E-state index in [1.165, 1.54) is 0 Å². The van der Waals surface area contributed by atoms with Gasteiger partial charge in [0.25, 0.3) is 5.91 Å². The summed E-state index contributed by atoms with van der Waals surface area (Å²) in [5.41, 5.74) is 1.05. The Morgan fingerprint density at radius 2 is 2.10 bits per heavy atom. The van der Waals surface area contributed by atoms with Crippen molar-refractivity contribution in [2.24, 2.45) is 0 Å². The van der Waals surface area contributed by atoms with Crippen LogP contribution in [0.1, 0.15) is 48.1 Å². The van der Waals surface area contributed by atoms with Crippen LogP contribution in [-0.2, 0) is 9.53 Å². The van der Waals surface area contributed by atoms with E-state index in [1.54, 1.807) is 6.07 Å². The average Bonchev–Trinajstić information content (AvgIpc) is 2.95. The van der Waals surface area contributed by atoms with Crippen molar-refractivity contribution in [2.45, 2.75) is 45.7 Å². The number of amides is 1. The fraction of sp³-hybridized carbons (Fsp3) is 0.600. The predicted octanol–water partition coefficient (Wildman–Crippen LogP) is 1.66. The Morgan fingerprint density at radius 3 is 2.52 bits per heavy atom. The zero-order valence-corrected chi connectivity index (χ0v) is 12.9. The largest absolute Gasteiger partial charge is 0.479 e. The zero-order chi connectivity index (χ0) is 15.8. The maximum absolute atomic E-state index is 12.5. The first-order chi connectivity index (χ1) is 9.78. The van der Waals surface area contributed by atoms with E-state index in [4.69, 9.17) is 4.74 Å². The molecular weight excluding hydrogens is 272 g/mol. The molecule has 1 unspecified atom stereocenters. The lowest BCUT2D eigenvalue weighted by Crippen LogP contribution is -2.55. The summed E-state index contributed by atoms with van der Waals surface area (Å²) in [5.74, 6) is -1.41. The van der Waals surface area contributed by atoms with Crippen molar-refractivity contribution in [1.29, 1.82) is 0 Å². The molecule has 2 rings (SSSR count). The number of nitrogens with one attached hydrogen (secondary N) is 1. The highest BCUT2D eigenvalue weighted by molar-refractivity contribution is 5.99. The van der Waals surface area contributed by atoms with Gasteiger partial charge in [0.15, 0.2) is 5.54 Å². The molecular formula is C15H22N2O4. The summed E-state index contributed by atoms with van der Waals surface area (Å²) in [7, 11) is 0. The topological polar surface area (TPSA) is 80.6 Å². The molecule has 21 heavy (non-hydrogen) atoms. The maximum atomic E-state index is 12.5. The van der Waals surface area contributed by atoms with E-state index in [1.807, 2.05) is 27.7 Å². The first-order valence-electron chi connectivity index (χ1n) is 7.10. The second-order valence-electron chi connectivity index (χ2n) is 5.89. The van der Waals surface area contributed by atoms with E-state index in [0.29, 0.717) is 12.2 Å². The van der Waals surface area contributed by atoms with Gasteiger partial charge in [-0.3, -0.25) is 4.79 Å². The van der Waals surface area contributed by atoms with E-state index < -0.39 is 11.5 Å². The van der Waals surface area contributed by atoms with Crippen LogP contribution in [0.25, 0.3) is 0 Å². The molecule has 0 aromatic carbocycles. The molecule has 1 fully saturated rings. The quantitative estimate of drug-likeness (QED) is 0.885. The lowest BCUT2D eigenvalue weighted by Gasteiger charge is -2.23. The van der Waals surface area contributed by atoms with Gasteiger partial charge in [-0.15, -0.1) is 0 Å². The van der Waals surface area contributed by atoms with Crippen molar-refractivity contribution in [2.75, 3.05) is 13.2 Å². The Morgan fingerprint density at radius 1 is 1.43 bits per heavy atom. The molecule has 1 atom stereocenters. The third-order valence-corrected chi connectivity index (χ3v) is 4.03. The van der Waals surface area contributed by atoms with Crippen molar-refractivity contribution < 1.29 is 19.4 Å². The number of carboxylic acid groups (broad SMARTS) is 1. The van der Waals surface area contributed by atoms with Crippen molar-refractivity contribution >= 4 is 11.9 Å². The molecule has 2 heterocycles. The summed E-state index contributed by atoms with van der Waals surface area (Å²) < 4.78 is 7.22. The number of aliphatic carboxylic acids is 1. The molecule has 6 heteroatoms. The van der Waals surface area contributed by atoms with Gasteiger partial charge in [-0.1, -0.05) is 0 Å². The SMILES string of the molecule is Cc1cc(C(=O)NC2(C(=O)O)CCOC2)c(C)n1C(C)C. The number of aryl methyl sites for hydroxylation is 1. The monoisotopic (exact) mass is 294 g/mol. The van der Waals surface area contributed by atoms with E-state index in [9.17, 15) is 14.7 Å². The molecule has 0 aliphatic carbocycles. The van der Waals surface area contributed by atoms with Gasteiger partial charge in [0.2, 0.25) is 0 Å². The summed E-state index contributed by atoms with van der Waals surface area (Å²) in [5, 5.41) is 12.0. The number of hydrogen-bond acceptors (Lipinski definition) is 3. The standard InChI is InChI=1S/C15H22N2O4/c1-9(2)17-10(3)7-12(11(17)4)13(18)16-15(14(19)20)5-6-21-8-15/h7,9H,5-6,8H2,1-4H3,(H,16,18)(H,19,20). The van der Waals surface area contributed by atoms with Gasteiger partial charge < -0.3 is 19.7 Å². The van der Waals surface area contributed by atoms with Crippen molar-refractivity contribution in [3.63, 3.8) is 0 Å². The van der Waals surface area contributed by atoms with Gasteiger partial charge in [-0.25, -0.2) is 4.79 Å². The molecule has 1 amide bonds. The third-order valence-electron chi connectivity index (χ3n) is 4.03. The molecule has 0 bridgehead atoms. The van der Waals surface area contributed by atoms with Crippen LogP contribution in [0.15, 0.2) is 6.07 Å². The highest BCUT2D eigenvalue weighted by Gasteiger charge is 2.44. The highest BCUT2D eigenvalue weighted by atomic mass is 16.5. The van der Waals surface area contributed by atoms with Gasteiger partial charge in [-0.05, 0) is 33.8 Å². The summed E-state index contributed by atoms with van der Waals surface area (Å²) >= 11 is 0. The molecule has 116 valence electrons. The summed E-state index contributed by atoms with van der Waals surface area (Å²) in [6.07, 6.45) is 0.289. The fourth-order valence-corrected chi connectivity index (χ4v) is 2.97.